The van der Waals surface area contributed by atoms with Crippen LogP contribution < -0.4 is 9.64 Å². The molecule has 0 atom stereocenters. The molecule has 3 aromatic rings. The van der Waals surface area contributed by atoms with E-state index in [-0.39, 0.29) is 11.4 Å². The van der Waals surface area contributed by atoms with Gasteiger partial charge in [-0.15, -0.1) is 0 Å². The van der Waals surface area contributed by atoms with Gasteiger partial charge in [-0.2, -0.15) is 0 Å². The number of ether oxygens (including phenoxy) is 1. The average molecular weight is 566 g/mol. The van der Waals surface area contributed by atoms with E-state index >= 15 is 0 Å². The molecule has 0 bridgehead atoms. The summed E-state index contributed by atoms with van der Waals surface area (Å²) >= 11 is 1.44. The Hall–Kier alpha value is -3.77. The van der Waals surface area contributed by atoms with Crippen molar-refractivity contribution in [3.8, 4) is 5.75 Å². The summed E-state index contributed by atoms with van der Waals surface area (Å²) in [5, 5.41) is 0.712. The van der Waals surface area contributed by atoms with Gasteiger partial charge in [-0.25, -0.2) is 4.99 Å². The van der Waals surface area contributed by atoms with Crippen LogP contribution in [-0.4, -0.2) is 41.7 Å². The maximum Gasteiger partial charge on any atom is 0.266 e. The van der Waals surface area contributed by atoms with E-state index in [4.69, 9.17) is 9.73 Å². The number of aryl methyl sites for hydroxylation is 1. The lowest BCUT2D eigenvalue weighted by molar-refractivity contribution is -0.122. The van der Waals surface area contributed by atoms with Gasteiger partial charge in [0.25, 0.3) is 5.91 Å². The van der Waals surface area contributed by atoms with Crippen LogP contribution in [0.2, 0.25) is 0 Å². The number of thioether (sulfide) groups is 1. The van der Waals surface area contributed by atoms with Crippen LogP contribution in [0.3, 0.4) is 0 Å². The van der Waals surface area contributed by atoms with Gasteiger partial charge in [-0.1, -0.05) is 61.5 Å². The van der Waals surface area contributed by atoms with E-state index in [2.05, 4.69) is 75.1 Å². The van der Waals surface area contributed by atoms with Gasteiger partial charge < -0.3 is 9.64 Å². The van der Waals surface area contributed by atoms with Gasteiger partial charge >= 0.3 is 0 Å². The third-order valence-corrected chi connectivity index (χ3v) is 8.63. The van der Waals surface area contributed by atoms with Crippen molar-refractivity contribution in [3.05, 3.63) is 100 Å². The molecule has 6 heteroatoms. The predicted octanol–water partition coefficient (Wildman–Crippen LogP) is 8.34. The number of rotatable bonds is 9. The van der Waals surface area contributed by atoms with Crippen molar-refractivity contribution in [2.45, 2.75) is 52.5 Å². The highest BCUT2D eigenvalue weighted by molar-refractivity contribution is 8.18. The first-order valence-electron chi connectivity index (χ1n) is 14.4. The minimum absolute atomic E-state index is 0.0153. The lowest BCUT2D eigenvalue weighted by Crippen LogP contribution is -2.45. The Labute approximate surface area is 248 Å². The van der Waals surface area contributed by atoms with Crippen molar-refractivity contribution in [2.24, 2.45) is 4.99 Å². The Kier molecular flexibility index (Phi) is 8.69. The molecular weight excluding hydrogens is 526 g/mol. The summed E-state index contributed by atoms with van der Waals surface area (Å²) in [4.78, 5) is 23.6. The Balaban J connectivity index is 1.49. The van der Waals surface area contributed by atoms with Crippen molar-refractivity contribution in [1.82, 2.24) is 4.90 Å². The summed E-state index contributed by atoms with van der Waals surface area (Å²) in [5.41, 5.74) is 6.51. The van der Waals surface area contributed by atoms with Gasteiger partial charge in [-0.05, 0) is 87.2 Å². The van der Waals surface area contributed by atoms with Gasteiger partial charge in [0.15, 0.2) is 5.17 Å². The smallest absolute Gasteiger partial charge is 0.266 e. The number of amidine groups is 1. The van der Waals surface area contributed by atoms with Crippen LogP contribution in [0.15, 0.2) is 88.8 Å². The van der Waals surface area contributed by atoms with Gasteiger partial charge in [-0.3, -0.25) is 9.69 Å². The van der Waals surface area contributed by atoms with Gasteiger partial charge in [0.2, 0.25) is 0 Å². The van der Waals surface area contributed by atoms with E-state index in [9.17, 15) is 4.79 Å². The number of hydrogen-bond acceptors (Lipinski definition) is 5. The van der Waals surface area contributed by atoms with Crippen LogP contribution in [-0.2, 0) is 11.2 Å². The highest BCUT2D eigenvalue weighted by atomic mass is 32.2. The number of aliphatic imine (C=N–C) groups is 1. The monoisotopic (exact) mass is 565 g/mol. The average Bonchev–Trinajstić information content (AvgIpc) is 3.25. The van der Waals surface area contributed by atoms with Crippen LogP contribution in [0.25, 0.3) is 11.6 Å². The summed E-state index contributed by atoms with van der Waals surface area (Å²) in [6.45, 7) is 10.4. The second kappa shape index (κ2) is 12.4. The standard InChI is InChI=1S/C35H39N3O2S/c1-6-19-38-30-23-31(40-5)27(21-29(30)25(2)24-35(38,3)4)22-32-33(39)37(20-13-16-26-14-9-7-10-15-26)34(41-32)36-28-17-11-8-12-18-28/h7-12,14-15,17-18,21-24H,6,13,16,19-20H2,1-5H3/b32-22+,36-34?. The third-order valence-electron chi connectivity index (χ3n) is 7.62. The van der Waals surface area contributed by atoms with Crippen molar-refractivity contribution in [1.29, 1.82) is 0 Å². The summed E-state index contributed by atoms with van der Waals surface area (Å²) < 4.78 is 5.89. The van der Waals surface area contributed by atoms with Crippen molar-refractivity contribution >= 4 is 45.9 Å². The van der Waals surface area contributed by atoms with E-state index in [0.717, 1.165) is 42.8 Å². The van der Waals surface area contributed by atoms with Crippen molar-refractivity contribution in [3.63, 3.8) is 0 Å². The minimum atomic E-state index is -0.0849. The fourth-order valence-corrected chi connectivity index (χ4v) is 6.69. The number of para-hydroxylation sites is 1. The summed E-state index contributed by atoms with van der Waals surface area (Å²) in [7, 11) is 1.70. The zero-order chi connectivity index (χ0) is 29.0. The molecule has 2 aliphatic heterocycles. The summed E-state index contributed by atoms with van der Waals surface area (Å²) in [6, 6.07) is 24.5. The van der Waals surface area contributed by atoms with Crippen LogP contribution in [0.1, 0.15) is 57.2 Å². The normalized spacial score (nSPS) is 18.2. The lowest BCUT2D eigenvalue weighted by Gasteiger charge is -2.43. The van der Waals surface area contributed by atoms with E-state index in [1.165, 1.54) is 34.1 Å². The SMILES string of the molecule is CCCN1c2cc(OC)c(/C=C3/SC(=Nc4ccccc4)N(CCCc4ccccc4)C3=O)cc2C(C)=CC1(C)C. The van der Waals surface area contributed by atoms with Crippen molar-refractivity contribution in [2.75, 3.05) is 25.1 Å². The van der Waals surface area contributed by atoms with Gasteiger partial charge in [0.05, 0.1) is 23.2 Å². The van der Waals surface area contributed by atoms with Gasteiger partial charge in [0.1, 0.15) is 5.75 Å². The highest BCUT2D eigenvalue weighted by Crippen LogP contribution is 2.44. The fraction of sp³-hybridized carbons (Fsp3) is 0.314. The first kappa shape index (κ1) is 28.7. The number of carbonyl (C=O) groups is 1. The number of carbonyl (C=O) groups excluding carboxylic acids is 1. The second-order valence-corrected chi connectivity index (χ2v) is 12.1. The molecule has 5 nitrogen and oxygen atoms in total. The molecule has 1 fully saturated rings. The number of hydrogen-bond donors (Lipinski definition) is 0. The Bertz CT molecular complexity index is 1490. The predicted molar refractivity (Wildman–Crippen MR) is 174 cm³/mol. The third kappa shape index (κ3) is 6.28. The minimum Gasteiger partial charge on any atom is -0.496 e. The summed E-state index contributed by atoms with van der Waals surface area (Å²) in [5.74, 6) is 0.749. The second-order valence-electron chi connectivity index (χ2n) is 11.1. The number of allylic oxidation sites excluding steroid dienone is 1. The first-order valence-corrected chi connectivity index (χ1v) is 15.2. The van der Waals surface area contributed by atoms with E-state index in [1.54, 1.807) is 7.11 Å². The van der Waals surface area contributed by atoms with E-state index < -0.39 is 0 Å². The van der Waals surface area contributed by atoms with Gasteiger partial charge in [0, 0.05) is 36.0 Å². The number of anilines is 1. The molecule has 3 aromatic carbocycles. The molecule has 212 valence electrons. The van der Waals surface area contributed by atoms with Crippen LogP contribution in [0.4, 0.5) is 11.4 Å². The number of fused-ring (bicyclic) bond motifs is 1. The molecule has 0 aromatic heterocycles. The van der Waals surface area contributed by atoms with E-state index in [0.29, 0.717) is 16.6 Å². The number of methoxy groups -OCH3 is 1. The molecule has 0 spiro atoms. The molecule has 0 radical (unpaired) electrons. The number of amides is 1. The first-order chi connectivity index (χ1) is 19.8. The zero-order valence-electron chi connectivity index (χ0n) is 24.7. The quantitative estimate of drug-likeness (QED) is 0.245. The maximum atomic E-state index is 13.8. The van der Waals surface area contributed by atoms with Crippen molar-refractivity contribution < 1.29 is 9.53 Å². The van der Waals surface area contributed by atoms with Crippen LogP contribution >= 0.6 is 11.8 Å². The van der Waals surface area contributed by atoms with E-state index in [1.807, 2.05) is 47.4 Å². The molecule has 0 N–H and O–H groups in total. The Morgan fingerprint density at radius 3 is 2.39 bits per heavy atom. The summed E-state index contributed by atoms with van der Waals surface area (Å²) in [6.07, 6.45) is 7.12. The molecule has 1 amide bonds. The Morgan fingerprint density at radius 1 is 1.00 bits per heavy atom. The largest absolute Gasteiger partial charge is 0.496 e. The number of nitrogens with zero attached hydrogens (tertiary/aromatic N) is 3. The lowest BCUT2D eigenvalue weighted by atomic mass is 9.87. The maximum absolute atomic E-state index is 13.8. The fourth-order valence-electron chi connectivity index (χ4n) is 5.67. The molecule has 5 rings (SSSR count). The molecule has 2 aliphatic rings. The molecule has 2 heterocycles. The van der Waals surface area contributed by atoms with Crippen LogP contribution in [0.5, 0.6) is 5.75 Å². The molecular formula is C35H39N3O2S. The molecule has 0 aliphatic carbocycles. The molecule has 41 heavy (non-hydrogen) atoms. The molecule has 0 unspecified atom stereocenters. The van der Waals surface area contributed by atoms with Crippen LogP contribution in [0, 0.1) is 0 Å². The highest BCUT2D eigenvalue weighted by Gasteiger charge is 2.35. The number of benzene rings is 3. The molecule has 1 saturated heterocycles. The molecule has 0 saturated carbocycles. The Morgan fingerprint density at radius 2 is 1.71 bits per heavy atom. The topological polar surface area (TPSA) is 45.1 Å². The zero-order valence-corrected chi connectivity index (χ0v) is 25.5.